The molecule has 0 heterocycles. The second-order valence-electron chi connectivity index (χ2n) is 3.53. The quantitative estimate of drug-likeness (QED) is 0.491. The van der Waals surface area contributed by atoms with E-state index in [1.165, 1.54) is 0 Å². The molecule has 0 bridgehead atoms. The van der Waals surface area contributed by atoms with E-state index in [9.17, 15) is 4.79 Å². The minimum absolute atomic E-state index is 0.0749. The van der Waals surface area contributed by atoms with Gasteiger partial charge in [0.1, 0.15) is 0 Å². The third kappa shape index (κ3) is 6.54. The largest absolute Gasteiger partial charge is 0.342 e. The van der Waals surface area contributed by atoms with Crippen LogP contribution in [0.25, 0.3) is 0 Å². The monoisotopic (exact) mass is 195 g/mol. The molecule has 0 saturated carbocycles. The van der Waals surface area contributed by atoms with Crippen LogP contribution in [-0.4, -0.2) is 11.9 Å². The van der Waals surface area contributed by atoms with Gasteiger partial charge in [0.2, 0.25) is 5.91 Å². The van der Waals surface area contributed by atoms with Crippen molar-refractivity contribution in [1.29, 1.82) is 0 Å². The summed E-state index contributed by atoms with van der Waals surface area (Å²) in [5, 5.41) is 2.85. The van der Waals surface area contributed by atoms with Gasteiger partial charge in [-0.05, 0) is 12.8 Å². The molecule has 0 aliphatic rings. The zero-order valence-electron chi connectivity index (χ0n) is 9.31. The molecule has 80 valence electrons. The van der Waals surface area contributed by atoms with E-state index in [2.05, 4.69) is 25.1 Å². The molecule has 0 radical (unpaired) electrons. The topological polar surface area (TPSA) is 29.1 Å². The van der Waals surface area contributed by atoms with Gasteiger partial charge in [-0.3, -0.25) is 4.79 Å². The minimum atomic E-state index is -0.0749. The van der Waals surface area contributed by atoms with E-state index in [0.29, 0.717) is 6.42 Å². The molecular weight excluding hydrogens is 174 g/mol. The average molecular weight is 195 g/mol. The Labute approximate surface area is 87.5 Å². The summed E-state index contributed by atoms with van der Waals surface area (Å²) in [4.78, 5) is 11.4. The average Bonchev–Trinajstić information content (AvgIpc) is 2.17. The van der Waals surface area contributed by atoms with Crippen LogP contribution in [0.5, 0.6) is 0 Å². The lowest BCUT2D eigenvalue weighted by molar-refractivity contribution is -0.121. The second kappa shape index (κ2) is 8.62. The van der Waals surface area contributed by atoms with Crippen LogP contribution in [0.3, 0.4) is 0 Å². The normalized spacial score (nSPS) is 11.8. The van der Waals surface area contributed by atoms with Crippen molar-refractivity contribution < 1.29 is 4.79 Å². The van der Waals surface area contributed by atoms with Gasteiger partial charge >= 0.3 is 0 Å². The van der Waals surface area contributed by atoms with Gasteiger partial charge in [-0.25, -0.2) is 0 Å². The Morgan fingerprint density at radius 3 is 2.57 bits per heavy atom. The van der Waals surface area contributed by atoms with Gasteiger partial charge < -0.3 is 5.32 Å². The molecule has 0 aliphatic heterocycles. The number of terminal acetylenes is 1. The van der Waals surface area contributed by atoms with Crippen molar-refractivity contribution in [3.63, 3.8) is 0 Å². The molecule has 0 aromatic carbocycles. The van der Waals surface area contributed by atoms with Crippen molar-refractivity contribution in [3.8, 4) is 12.3 Å². The molecule has 1 amide bonds. The SMILES string of the molecule is C#CC(CCC)NC(=O)CCCCC. The Hall–Kier alpha value is -0.970. The van der Waals surface area contributed by atoms with Crippen LogP contribution in [0.2, 0.25) is 0 Å². The zero-order valence-corrected chi connectivity index (χ0v) is 9.31. The van der Waals surface area contributed by atoms with E-state index < -0.39 is 0 Å². The summed E-state index contributed by atoms with van der Waals surface area (Å²) >= 11 is 0. The van der Waals surface area contributed by atoms with Crippen LogP contribution >= 0.6 is 0 Å². The number of amides is 1. The Morgan fingerprint density at radius 1 is 1.36 bits per heavy atom. The predicted molar refractivity (Wildman–Crippen MR) is 59.8 cm³/mol. The number of hydrogen-bond acceptors (Lipinski definition) is 1. The number of rotatable bonds is 7. The van der Waals surface area contributed by atoms with E-state index in [1.807, 2.05) is 0 Å². The van der Waals surface area contributed by atoms with Gasteiger partial charge in [-0.15, -0.1) is 6.42 Å². The predicted octanol–water partition coefficient (Wildman–Crippen LogP) is 2.48. The van der Waals surface area contributed by atoms with Crippen LogP contribution in [0.15, 0.2) is 0 Å². The van der Waals surface area contributed by atoms with E-state index in [0.717, 1.165) is 32.1 Å². The molecule has 2 heteroatoms. The van der Waals surface area contributed by atoms with Gasteiger partial charge in [0.25, 0.3) is 0 Å². The van der Waals surface area contributed by atoms with Crippen molar-refractivity contribution in [3.05, 3.63) is 0 Å². The maximum Gasteiger partial charge on any atom is 0.220 e. The Kier molecular flexibility index (Phi) is 8.02. The molecule has 0 fully saturated rings. The fourth-order valence-electron chi connectivity index (χ4n) is 1.29. The fraction of sp³-hybridized carbons (Fsp3) is 0.750. The molecule has 0 rings (SSSR count). The molecule has 1 unspecified atom stereocenters. The van der Waals surface area contributed by atoms with E-state index in [1.54, 1.807) is 0 Å². The van der Waals surface area contributed by atoms with E-state index in [-0.39, 0.29) is 11.9 Å². The van der Waals surface area contributed by atoms with Crippen LogP contribution in [0, 0.1) is 12.3 Å². The summed E-state index contributed by atoms with van der Waals surface area (Å²) < 4.78 is 0. The first-order valence-corrected chi connectivity index (χ1v) is 5.50. The second-order valence-corrected chi connectivity index (χ2v) is 3.53. The number of carbonyl (C=O) groups excluding carboxylic acids is 1. The summed E-state index contributed by atoms with van der Waals surface area (Å²) in [6, 6.07) is -0.0749. The molecule has 0 saturated heterocycles. The Bertz CT molecular complexity index is 193. The van der Waals surface area contributed by atoms with E-state index >= 15 is 0 Å². The maximum atomic E-state index is 11.4. The lowest BCUT2D eigenvalue weighted by Gasteiger charge is -2.11. The van der Waals surface area contributed by atoms with Crippen LogP contribution in [-0.2, 0) is 4.79 Å². The third-order valence-corrected chi connectivity index (χ3v) is 2.12. The highest BCUT2D eigenvalue weighted by molar-refractivity contribution is 5.76. The van der Waals surface area contributed by atoms with Crippen molar-refractivity contribution >= 4 is 5.91 Å². The van der Waals surface area contributed by atoms with Crippen molar-refractivity contribution in [2.45, 2.75) is 58.4 Å². The Morgan fingerprint density at radius 2 is 2.07 bits per heavy atom. The molecular formula is C12H21NO. The molecule has 1 N–H and O–H groups in total. The number of carbonyl (C=O) groups is 1. The molecule has 14 heavy (non-hydrogen) atoms. The van der Waals surface area contributed by atoms with Crippen molar-refractivity contribution in [2.24, 2.45) is 0 Å². The lowest BCUT2D eigenvalue weighted by atomic mass is 10.1. The molecule has 2 nitrogen and oxygen atoms in total. The highest BCUT2D eigenvalue weighted by Gasteiger charge is 2.07. The van der Waals surface area contributed by atoms with Gasteiger partial charge in [-0.1, -0.05) is 39.0 Å². The number of nitrogens with one attached hydrogen (secondary N) is 1. The van der Waals surface area contributed by atoms with Crippen molar-refractivity contribution in [2.75, 3.05) is 0 Å². The highest BCUT2D eigenvalue weighted by Crippen LogP contribution is 2.00. The molecule has 1 atom stereocenters. The zero-order chi connectivity index (χ0) is 10.8. The first-order valence-electron chi connectivity index (χ1n) is 5.50. The summed E-state index contributed by atoms with van der Waals surface area (Å²) in [7, 11) is 0. The maximum absolute atomic E-state index is 11.4. The third-order valence-electron chi connectivity index (χ3n) is 2.12. The van der Waals surface area contributed by atoms with E-state index in [4.69, 9.17) is 6.42 Å². The molecule has 0 aliphatic carbocycles. The fourth-order valence-corrected chi connectivity index (χ4v) is 1.29. The lowest BCUT2D eigenvalue weighted by Crippen LogP contribution is -2.33. The van der Waals surface area contributed by atoms with Crippen LogP contribution < -0.4 is 5.32 Å². The summed E-state index contributed by atoms with van der Waals surface area (Å²) in [6.45, 7) is 4.19. The summed E-state index contributed by atoms with van der Waals surface area (Å²) in [5.74, 6) is 2.68. The van der Waals surface area contributed by atoms with Gasteiger partial charge in [-0.2, -0.15) is 0 Å². The van der Waals surface area contributed by atoms with Gasteiger partial charge in [0, 0.05) is 6.42 Å². The smallest absolute Gasteiger partial charge is 0.220 e. The first-order chi connectivity index (χ1) is 6.74. The summed E-state index contributed by atoms with van der Waals surface area (Å²) in [5.41, 5.74) is 0. The van der Waals surface area contributed by atoms with Gasteiger partial charge in [0.05, 0.1) is 6.04 Å². The van der Waals surface area contributed by atoms with Crippen LogP contribution in [0.1, 0.15) is 52.4 Å². The Balaban J connectivity index is 3.63. The van der Waals surface area contributed by atoms with Crippen LogP contribution in [0.4, 0.5) is 0 Å². The molecule has 0 spiro atoms. The first kappa shape index (κ1) is 13.0. The molecule has 0 aromatic heterocycles. The van der Waals surface area contributed by atoms with Gasteiger partial charge in [0.15, 0.2) is 0 Å². The standard InChI is InChI=1S/C12H21NO/c1-4-7-8-10-12(14)13-11(6-3)9-5-2/h3,11H,4-5,7-10H2,1-2H3,(H,13,14). The summed E-state index contributed by atoms with van der Waals surface area (Å²) in [6.07, 6.45) is 11.0. The number of hydrogen-bond donors (Lipinski definition) is 1. The van der Waals surface area contributed by atoms with Crippen molar-refractivity contribution in [1.82, 2.24) is 5.32 Å². The molecule has 0 aromatic rings. The minimum Gasteiger partial charge on any atom is -0.342 e. The number of unbranched alkanes of at least 4 members (excludes halogenated alkanes) is 2. The highest BCUT2D eigenvalue weighted by atomic mass is 16.1.